The first-order chi connectivity index (χ1) is 9.06. The second-order valence-corrected chi connectivity index (χ2v) is 3.57. The summed E-state index contributed by atoms with van der Waals surface area (Å²) in [6.07, 6.45) is 0.531. The summed E-state index contributed by atoms with van der Waals surface area (Å²) in [4.78, 5) is 20.7. The van der Waals surface area contributed by atoms with E-state index in [1.54, 1.807) is 36.4 Å². The van der Waals surface area contributed by atoms with Crippen LogP contribution in [-0.2, 0) is 19.5 Å². The molecule has 6 heteroatoms. The van der Waals surface area contributed by atoms with Crippen molar-refractivity contribution in [3.8, 4) is 5.75 Å². The fourth-order valence-electron chi connectivity index (χ4n) is 1.28. The Bertz CT molecular complexity index is 566. The van der Waals surface area contributed by atoms with Crippen molar-refractivity contribution in [3.63, 3.8) is 0 Å². The largest absolute Gasteiger partial charge is 0.506 e. The maximum absolute atomic E-state index is 10.4. The Morgan fingerprint density at radius 3 is 2.00 bits per heavy atom. The minimum absolute atomic E-state index is 0. The number of hydrogen-bond acceptors (Lipinski definition) is 4. The van der Waals surface area contributed by atoms with Crippen molar-refractivity contribution in [2.45, 2.75) is 0 Å². The van der Waals surface area contributed by atoms with Crippen molar-refractivity contribution in [2.75, 3.05) is 5.73 Å². The normalized spacial score (nSPS) is 8.60. The van der Waals surface area contributed by atoms with E-state index < -0.39 is 5.97 Å². The van der Waals surface area contributed by atoms with Crippen LogP contribution in [-0.4, -0.2) is 22.5 Å². The second-order valence-electron chi connectivity index (χ2n) is 3.57. The third-order valence-electron chi connectivity index (χ3n) is 2.25. The van der Waals surface area contributed by atoms with Gasteiger partial charge in [-0.25, -0.2) is 4.79 Å². The molecule has 5 nitrogen and oxygen atoms in total. The predicted octanol–water partition coefficient (Wildman–Crippen LogP) is 2.17. The van der Waals surface area contributed by atoms with Crippen LogP contribution in [0.3, 0.4) is 0 Å². The van der Waals surface area contributed by atoms with E-state index in [0.29, 0.717) is 12.0 Å². The molecule has 0 fully saturated rings. The minimum atomic E-state index is -1.08. The van der Waals surface area contributed by atoms with Crippen molar-refractivity contribution in [1.82, 2.24) is 0 Å². The Kier molecular flexibility index (Phi) is 7.86. The van der Waals surface area contributed by atoms with Gasteiger partial charge in [0, 0.05) is 25.0 Å². The average Bonchev–Trinajstić information content (AvgIpc) is 2.42. The van der Waals surface area contributed by atoms with E-state index in [1.807, 2.05) is 0 Å². The number of aldehydes is 1. The summed E-state index contributed by atoms with van der Waals surface area (Å²) in [5, 5.41) is 17.3. The van der Waals surface area contributed by atoms with Crippen molar-refractivity contribution < 1.29 is 39.3 Å². The zero-order chi connectivity index (χ0) is 14.3. The van der Waals surface area contributed by atoms with Gasteiger partial charge in [-0.2, -0.15) is 0 Å². The smallest absolute Gasteiger partial charge is 0.336 e. The monoisotopic (exact) mass is 323 g/mol. The van der Waals surface area contributed by atoms with E-state index in [-0.39, 0.29) is 36.4 Å². The number of carboxylic acids is 1. The molecule has 20 heavy (non-hydrogen) atoms. The Balaban J connectivity index is 0.000000359. The molecule has 0 aliphatic rings. The molecule has 2 aromatic carbocycles. The molecule has 0 aliphatic carbocycles. The topological polar surface area (TPSA) is 101 Å². The summed E-state index contributed by atoms with van der Waals surface area (Å²) >= 11 is 0. The molecule has 100 valence electrons. The van der Waals surface area contributed by atoms with Crippen LogP contribution >= 0.6 is 0 Å². The summed E-state index contributed by atoms with van der Waals surface area (Å²) < 4.78 is 0. The number of aromatic hydroxyl groups is 1. The van der Waals surface area contributed by atoms with Crippen LogP contribution in [0.5, 0.6) is 5.75 Å². The minimum Gasteiger partial charge on any atom is -0.506 e. The molecule has 0 bridgehead atoms. The van der Waals surface area contributed by atoms with E-state index in [9.17, 15) is 9.59 Å². The van der Waals surface area contributed by atoms with Gasteiger partial charge in [0.05, 0.1) is 11.3 Å². The van der Waals surface area contributed by atoms with Gasteiger partial charge in [0.25, 0.3) is 0 Å². The van der Waals surface area contributed by atoms with Crippen LogP contribution in [0, 0.1) is 0 Å². The first kappa shape index (κ1) is 17.8. The molecule has 0 saturated heterocycles. The second kappa shape index (κ2) is 8.83. The number of phenols is 1. The standard InChI is InChI=1S/C8H6O3.C6H7NO.Zn/c9-5-6-3-1-2-4-7(6)8(10)11;7-5-3-1-2-4-6(5)8;/h1-5H,(H,10,11);1-4,8H,7H2;. The van der Waals surface area contributed by atoms with Crippen molar-refractivity contribution >= 4 is 17.9 Å². The van der Waals surface area contributed by atoms with E-state index in [1.165, 1.54) is 12.1 Å². The molecule has 0 spiro atoms. The van der Waals surface area contributed by atoms with Gasteiger partial charge < -0.3 is 15.9 Å². The van der Waals surface area contributed by atoms with Crippen LogP contribution in [0.15, 0.2) is 48.5 Å². The van der Waals surface area contributed by atoms with Gasteiger partial charge in [-0.1, -0.05) is 30.3 Å². The molecule has 0 heterocycles. The summed E-state index contributed by atoms with van der Waals surface area (Å²) in [5.74, 6) is -0.930. The Morgan fingerprint density at radius 2 is 1.60 bits per heavy atom. The number of para-hydroxylation sites is 2. The van der Waals surface area contributed by atoms with Crippen LogP contribution in [0.4, 0.5) is 5.69 Å². The number of nitrogens with two attached hydrogens (primary N) is 1. The number of benzene rings is 2. The molecule has 2 rings (SSSR count). The number of carbonyl (C=O) groups is 2. The Morgan fingerprint density at radius 1 is 1.05 bits per heavy atom. The number of carboxylic acid groups (broad SMARTS) is 1. The SMILES string of the molecule is Nc1ccccc1O.O=Cc1ccccc1C(=O)O.[Zn]. The molecule has 2 aromatic rings. The maximum atomic E-state index is 10.4. The van der Waals surface area contributed by atoms with Gasteiger partial charge in [0.1, 0.15) is 5.75 Å². The van der Waals surface area contributed by atoms with Crippen LogP contribution in [0.25, 0.3) is 0 Å². The number of anilines is 1. The van der Waals surface area contributed by atoms with Gasteiger partial charge in [-0.15, -0.1) is 0 Å². The molecule has 0 aromatic heterocycles. The first-order valence-corrected chi connectivity index (χ1v) is 5.37. The molecule has 4 N–H and O–H groups in total. The van der Waals surface area contributed by atoms with E-state index in [2.05, 4.69) is 0 Å². The molecular weight excluding hydrogens is 312 g/mol. The molecule has 0 saturated carbocycles. The first-order valence-electron chi connectivity index (χ1n) is 5.37. The Hall–Kier alpha value is -2.20. The van der Waals surface area contributed by atoms with Crippen molar-refractivity contribution in [1.29, 1.82) is 0 Å². The zero-order valence-corrected chi connectivity index (χ0v) is 13.7. The fraction of sp³-hybridized carbons (Fsp3) is 0. The van der Waals surface area contributed by atoms with Gasteiger partial charge in [0.2, 0.25) is 0 Å². The van der Waals surface area contributed by atoms with Crippen LogP contribution in [0.2, 0.25) is 0 Å². The zero-order valence-electron chi connectivity index (χ0n) is 10.7. The summed E-state index contributed by atoms with van der Waals surface area (Å²) in [7, 11) is 0. The maximum Gasteiger partial charge on any atom is 0.336 e. The fourth-order valence-corrected chi connectivity index (χ4v) is 1.28. The van der Waals surface area contributed by atoms with Gasteiger partial charge in [0.15, 0.2) is 6.29 Å². The molecule has 0 atom stereocenters. The summed E-state index contributed by atoms with van der Waals surface area (Å²) in [5.41, 5.74) is 5.95. The Labute approximate surface area is 128 Å². The molecule has 0 aliphatic heterocycles. The average molecular weight is 325 g/mol. The number of rotatable bonds is 2. The van der Waals surface area contributed by atoms with Crippen molar-refractivity contribution in [3.05, 3.63) is 59.7 Å². The molecule has 0 radical (unpaired) electrons. The van der Waals surface area contributed by atoms with Gasteiger partial charge >= 0.3 is 5.97 Å². The third kappa shape index (κ3) is 5.20. The third-order valence-corrected chi connectivity index (χ3v) is 2.25. The molecule has 0 unspecified atom stereocenters. The van der Waals surface area contributed by atoms with Crippen LogP contribution < -0.4 is 5.73 Å². The quantitative estimate of drug-likeness (QED) is 0.340. The number of phenolic OH excluding ortho intramolecular Hbond substituents is 1. The number of aromatic carboxylic acids is 1. The van der Waals surface area contributed by atoms with Crippen LogP contribution in [0.1, 0.15) is 20.7 Å². The number of carbonyl (C=O) groups excluding carboxylic acids is 1. The molecule has 0 amide bonds. The summed E-state index contributed by atoms with van der Waals surface area (Å²) in [6.45, 7) is 0. The van der Waals surface area contributed by atoms with Gasteiger partial charge in [-0.05, 0) is 18.2 Å². The predicted molar refractivity (Wildman–Crippen MR) is 71.3 cm³/mol. The van der Waals surface area contributed by atoms with Crippen molar-refractivity contribution in [2.24, 2.45) is 0 Å². The molecular formula is C14H13NO4Zn. The summed E-state index contributed by atoms with van der Waals surface area (Å²) in [6, 6.07) is 12.8. The van der Waals surface area contributed by atoms with E-state index in [4.69, 9.17) is 15.9 Å². The van der Waals surface area contributed by atoms with E-state index in [0.717, 1.165) is 0 Å². The number of nitrogen functional groups attached to an aromatic ring is 1. The number of hydrogen-bond donors (Lipinski definition) is 3. The van der Waals surface area contributed by atoms with E-state index >= 15 is 0 Å². The van der Waals surface area contributed by atoms with Gasteiger partial charge in [-0.3, -0.25) is 4.79 Å².